The minimum atomic E-state index is -4.62. The van der Waals surface area contributed by atoms with Crippen LogP contribution >= 0.6 is 0 Å². The Labute approximate surface area is 136 Å². The lowest BCUT2D eigenvalue weighted by atomic mass is 10.0. The molecule has 24 heavy (non-hydrogen) atoms. The van der Waals surface area contributed by atoms with Crippen molar-refractivity contribution in [1.29, 1.82) is 0 Å². The zero-order valence-electron chi connectivity index (χ0n) is 13.6. The second kappa shape index (κ2) is 5.67. The van der Waals surface area contributed by atoms with E-state index in [4.69, 9.17) is 4.74 Å². The van der Waals surface area contributed by atoms with E-state index in [1.54, 1.807) is 20.8 Å². The average Bonchev–Trinajstić information content (AvgIpc) is 2.78. The number of aromatic nitrogens is 2. The molecule has 0 spiro atoms. The van der Waals surface area contributed by atoms with Crippen molar-refractivity contribution in [3.63, 3.8) is 0 Å². The van der Waals surface area contributed by atoms with Crippen molar-refractivity contribution in [2.75, 3.05) is 4.90 Å². The van der Waals surface area contributed by atoms with E-state index in [1.807, 2.05) is 0 Å². The van der Waals surface area contributed by atoms with Crippen LogP contribution in [0.1, 0.15) is 50.5 Å². The molecule has 1 amide bonds. The Hall–Kier alpha value is -2.26. The van der Waals surface area contributed by atoms with Gasteiger partial charge in [-0.25, -0.2) is 14.3 Å². The minimum Gasteiger partial charge on any atom is -0.477 e. The first-order valence-electron chi connectivity index (χ1n) is 7.22. The summed E-state index contributed by atoms with van der Waals surface area (Å²) >= 11 is 0. The van der Waals surface area contributed by atoms with Crippen LogP contribution < -0.4 is 4.90 Å². The molecule has 2 atom stereocenters. The molecule has 1 N–H and O–H groups in total. The first-order valence-corrected chi connectivity index (χ1v) is 7.22. The highest BCUT2D eigenvalue weighted by molar-refractivity contribution is 5.99. The van der Waals surface area contributed by atoms with Crippen LogP contribution in [0.2, 0.25) is 0 Å². The Morgan fingerprint density at radius 3 is 2.38 bits per heavy atom. The molecule has 2 heterocycles. The van der Waals surface area contributed by atoms with Gasteiger partial charge in [0.15, 0.2) is 11.9 Å². The molecule has 0 aliphatic carbocycles. The van der Waals surface area contributed by atoms with Gasteiger partial charge in [-0.2, -0.15) is 18.3 Å². The van der Waals surface area contributed by atoms with E-state index in [2.05, 4.69) is 5.10 Å². The topological polar surface area (TPSA) is 84.7 Å². The second-order valence-corrected chi connectivity index (χ2v) is 6.62. The highest BCUT2D eigenvalue weighted by atomic mass is 19.4. The molecule has 0 radical (unpaired) electrons. The van der Waals surface area contributed by atoms with Gasteiger partial charge in [0.25, 0.3) is 0 Å². The molecule has 7 nitrogen and oxygen atoms in total. The number of ether oxygens (including phenoxy) is 1. The second-order valence-electron chi connectivity index (χ2n) is 6.62. The molecule has 0 unspecified atom stereocenters. The molecular formula is C14H18F3N3O4. The van der Waals surface area contributed by atoms with E-state index in [0.717, 1.165) is 11.1 Å². The fourth-order valence-electron chi connectivity index (χ4n) is 2.56. The van der Waals surface area contributed by atoms with Gasteiger partial charge in [-0.1, -0.05) is 0 Å². The fraction of sp³-hybridized carbons (Fsp3) is 0.643. The number of carboxylic acids is 1. The maximum atomic E-state index is 13.3. The summed E-state index contributed by atoms with van der Waals surface area (Å²) in [6, 6.07) is -2.91. The van der Waals surface area contributed by atoms with Gasteiger partial charge >= 0.3 is 18.2 Å². The van der Waals surface area contributed by atoms with Gasteiger partial charge in [0.2, 0.25) is 0 Å². The first kappa shape index (κ1) is 18.1. The third-order valence-electron chi connectivity index (χ3n) is 3.50. The number of rotatable bonds is 1. The molecule has 1 aliphatic rings. The number of hydrogen-bond acceptors (Lipinski definition) is 4. The van der Waals surface area contributed by atoms with Gasteiger partial charge in [-0.3, -0.25) is 4.90 Å². The van der Waals surface area contributed by atoms with E-state index >= 15 is 0 Å². The van der Waals surface area contributed by atoms with Crippen molar-refractivity contribution in [2.24, 2.45) is 0 Å². The molecular weight excluding hydrogens is 331 g/mol. The number of carbonyl (C=O) groups excluding carboxylic acids is 1. The number of amides is 1. The summed E-state index contributed by atoms with van der Waals surface area (Å²) in [6.45, 7) is 6.22. The third-order valence-corrected chi connectivity index (χ3v) is 3.50. The Kier molecular flexibility index (Phi) is 4.28. The molecule has 0 fully saturated rings. The quantitative estimate of drug-likeness (QED) is 0.841. The molecule has 0 bridgehead atoms. The molecule has 0 saturated carbocycles. The molecule has 1 aromatic heterocycles. The number of carbonyl (C=O) groups is 2. The molecule has 1 aliphatic heterocycles. The van der Waals surface area contributed by atoms with Crippen molar-refractivity contribution >= 4 is 17.9 Å². The lowest BCUT2D eigenvalue weighted by Crippen LogP contribution is -2.50. The van der Waals surface area contributed by atoms with Crippen molar-refractivity contribution in [1.82, 2.24) is 9.78 Å². The van der Waals surface area contributed by atoms with Crippen molar-refractivity contribution in [2.45, 2.75) is 58.0 Å². The van der Waals surface area contributed by atoms with E-state index < -0.39 is 53.7 Å². The molecule has 134 valence electrons. The minimum absolute atomic E-state index is 0.419. The van der Waals surface area contributed by atoms with Crippen LogP contribution in [0.5, 0.6) is 0 Å². The zero-order valence-corrected chi connectivity index (χ0v) is 13.6. The van der Waals surface area contributed by atoms with Crippen LogP contribution in [-0.2, 0) is 4.74 Å². The highest BCUT2D eigenvalue weighted by Gasteiger charge is 2.50. The largest absolute Gasteiger partial charge is 0.477 e. The number of hydrogen-bond donors (Lipinski definition) is 1. The van der Waals surface area contributed by atoms with Crippen LogP contribution in [-0.4, -0.2) is 44.8 Å². The summed E-state index contributed by atoms with van der Waals surface area (Å²) < 4.78 is 45.5. The van der Waals surface area contributed by atoms with Crippen molar-refractivity contribution in [3.05, 3.63) is 11.8 Å². The summed E-state index contributed by atoms with van der Waals surface area (Å²) in [5, 5.41) is 12.8. The first-order chi connectivity index (χ1) is 10.8. The molecule has 2 rings (SSSR count). The van der Waals surface area contributed by atoms with E-state index in [9.17, 15) is 27.9 Å². The van der Waals surface area contributed by atoms with Crippen LogP contribution in [0, 0.1) is 0 Å². The highest BCUT2D eigenvalue weighted by Crippen LogP contribution is 2.43. The van der Waals surface area contributed by atoms with Gasteiger partial charge in [-0.15, -0.1) is 0 Å². The SMILES string of the molecule is C[C@@H]1C[C@H](C(F)(F)F)n2ncc(C(=O)O)c2N1C(=O)OC(C)(C)C. The molecule has 0 aromatic carbocycles. The van der Waals surface area contributed by atoms with Crippen molar-refractivity contribution < 1.29 is 32.6 Å². The van der Waals surface area contributed by atoms with Crippen LogP contribution in [0.3, 0.4) is 0 Å². The number of fused-ring (bicyclic) bond motifs is 1. The molecule has 10 heteroatoms. The fourth-order valence-corrected chi connectivity index (χ4v) is 2.56. The number of nitrogens with zero attached hydrogens (tertiary/aromatic N) is 3. The number of anilines is 1. The van der Waals surface area contributed by atoms with Gasteiger partial charge in [0.05, 0.1) is 6.20 Å². The molecule has 1 aromatic rings. The summed E-state index contributed by atoms with van der Waals surface area (Å²) in [6.07, 6.45) is -5.17. The maximum absolute atomic E-state index is 13.3. The predicted octanol–water partition coefficient (Wildman–Crippen LogP) is 3.22. The van der Waals surface area contributed by atoms with Gasteiger partial charge in [0, 0.05) is 6.04 Å². The smallest absolute Gasteiger partial charge is 0.416 e. The standard InChI is InChI=1S/C14H18F3N3O4/c1-7-5-9(14(15,16)17)20-10(8(6-18-20)11(21)22)19(7)12(23)24-13(2,3)4/h6-7,9H,5H2,1-4H3,(H,21,22)/t7-,9-/m1/s1. The molecule has 0 saturated heterocycles. The van der Waals surface area contributed by atoms with Crippen LogP contribution in [0.25, 0.3) is 0 Å². The number of halogens is 3. The predicted molar refractivity (Wildman–Crippen MR) is 77.1 cm³/mol. The summed E-state index contributed by atoms with van der Waals surface area (Å²) in [7, 11) is 0. The Morgan fingerprint density at radius 1 is 1.33 bits per heavy atom. The number of carboxylic acid groups (broad SMARTS) is 1. The van der Waals surface area contributed by atoms with Gasteiger partial charge in [-0.05, 0) is 34.1 Å². The average molecular weight is 349 g/mol. The van der Waals surface area contributed by atoms with E-state index in [0.29, 0.717) is 4.68 Å². The van der Waals surface area contributed by atoms with E-state index in [-0.39, 0.29) is 0 Å². The monoisotopic (exact) mass is 349 g/mol. The van der Waals surface area contributed by atoms with Crippen LogP contribution in [0.15, 0.2) is 6.20 Å². The lowest BCUT2D eigenvalue weighted by molar-refractivity contribution is -0.174. The summed E-state index contributed by atoms with van der Waals surface area (Å²) in [5.74, 6) is -1.89. The third kappa shape index (κ3) is 3.31. The van der Waals surface area contributed by atoms with Crippen molar-refractivity contribution in [3.8, 4) is 0 Å². The lowest BCUT2D eigenvalue weighted by Gasteiger charge is -2.39. The van der Waals surface area contributed by atoms with Crippen LogP contribution in [0.4, 0.5) is 23.8 Å². The summed E-state index contributed by atoms with van der Waals surface area (Å²) in [4.78, 5) is 24.7. The maximum Gasteiger partial charge on any atom is 0.416 e. The van der Waals surface area contributed by atoms with Gasteiger partial charge in [0.1, 0.15) is 11.2 Å². The zero-order chi connectivity index (χ0) is 18.4. The Balaban J connectivity index is 2.56. The Morgan fingerprint density at radius 2 is 1.92 bits per heavy atom. The van der Waals surface area contributed by atoms with E-state index in [1.165, 1.54) is 6.92 Å². The summed E-state index contributed by atoms with van der Waals surface area (Å²) in [5.41, 5.74) is -1.37. The number of aromatic carboxylic acids is 1. The normalized spacial score (nSPS) is 21.4. The Bertz CT molecular complexity index is 663. The number of alkyl halides is 3. The van der Waals surface area contributed by atoms with Gasteiger partial charge < -0.3 is 9.84 Å².